The van der Waals surface area contributed by atoms with Crippen LogP contribution >= 0.6 is 0 Å². The average molecular weight is 274 g/mol. The third-order valence-electron chi connectivity index (χ3n) is 4.11. The van der Waals surface area contributed by atoms with Crippen LogP contribution in [0, 0.1) is 0 Å². The number of nitrogens with zero attached hydrogens (tertiary/aromatic N) is 4. The third-order valence-corrected chi connectivity index (χ3v) is 4.11. The maximum atomic E-state index is 11.2. The van der Waals surface area contributed by atoms with Gasteiger partial charge in [-0.3, -0.25) is 0 Å². The van der Waals surface area contributed by atoms with Gasteiger partial charge in [0.25, 0.3) is 0 Å². The van der Waals surface area contributed by atoms with Crippen molar-refractivity contribution in [1.29, 1.82) is 0 Å². The number of hydrogen-bond acceptors (Lipinski definition) is 5. The van der Waals surface area contributed by atoms with E-state index in [0.717, 1.165) is 24.2 Å². The Bertz CT molecular complexity index is 667. The summed E-state index contributed by atoms with van der Waals surface area (Å²) in [5.41, 5.74) is 0.818. The normalized spacial score (nSPS) is 25.3. The number of aromatic carboxylic acids is 1. The van der Waals surface area contributed by atoms with Crippen LogP contribution in [0.5, 0.6) is 0 Å². The molecule has 4 rings (SSSR count). The van der Waals surface area contributed by atoms with E-state index in [4.69, 9.17) is 4.74 Å². The lowest BCUT2D eigenvalue weighted by Crippen LogP contribution is -2.46. The zero-order chi connectivity index (χ0) is 13.7. The molecule has 2 aromatic rings. The van der Waals surface area contributed by atoms with Crippen LogP contribution in [0.1, 0.15) is 23.3 Å². The number of hydrogen-bond donors (Lipinski definition) is 1. The van der Waals surface area contributed by atoms with Crippen LogP contribution in [0.25, 0.3) is 5.52 Å². The fourth-order valence-electron chi connectivity index (χ4n) is 3.23. The number of carboxylic acids is 1. The van der Waals surface area contributed by atoms with E-state index in [1.54, 1.807) is 6.20 Å². The van der Waals surface area contributed by atoms with Crippen molar-refractivity contribution >= 4 is 17.3 Å². The number of fused-ring (bicyclic) bond motifs is 3. The highest BCUT2D eigenvalue weighted by Gasteiger charge is 2.39. The Morgan fingerprint density at radius 1 is 1.35 bits per heavy atom. The Morgan fingerprint density at radius 3 is 2.80 bits per heavy atom. The van der Waals surface area contributed by atoms with Gasteiger partial charge in [-0.25, -0.2) is 14.3 Å². The molecule has 0 saturated carbocycles. The molecule has 7 heteroatoms. The van der Waals surface area contributed by atoms with E-state index < -0.39 is 5.97 Å². The van der Waals surface area contributed by atoms with Crippen molar-refractivity contribution in [2.75, 3.05) is 18.1 Å². The van der Waals surface area contributed by atoms with E-state index >= 15 is 0 Å². The molecule has 7 nitrogen and oxygen atoms in total. The first-order chi connectivity index (χ1) is 9.75. The standard InChI is InChI=1S/C13H14N4O3/c18-13(19)11-5-14-12(10-3-4-15-17(10)11)16-8-1-2-9(16)7-20-6-8/h3-5,8-9H,1-2,6-7H2,(H,18,19). The second-order valence-corrected chi connectivity index (χ2v) is 5.23. The molecule has 0 aromatic carbocycles. The molecule has 1 N–H and O–H groups in total. The van der Waals surface area contributed by atoms with Crippen molar-refractivity contribution in [2.24, 2.45) is 0 Å². The van der Waals surface area contributed by atoms with Crippen LogP contribution in [-0.4, -0.2) is 51.0 Å². The van der Waals surface area contributed by atoms with Gasteiger partial charge < -0.3 is 14.7 Å². The quantitative estimate of drug-likeness (QED) is 0.872. The SMILES string of the molecule is O=C(O)c1cnc(N2C3CCC2COC3)c2ccnn12. The van der Waals surface area contributed by atoms with Gasteiger partial charge in [0.05, 0.1) is 37.7 Å². The second kappa shape index (κ2) is 4.17. The monoisotopic (exact) mass is 274 g/mol. The van der Waals surface area contributed by atoms with Crippen molar-refractivity contribution in [1.82, 2.24) is 14.6 Å². The number of anilines is 1. The molecule has 2 fully saturated rings. The molecule has 4 heterocycles. The molecule has 2 aliphatic rings. The van der Waals surface area contributed by atoms with Gasteiger partial charge in [0.15, 0.2) is 11.5 Å². The maximum Gasteiger partial charge on any atom is 0.356 e. The van der Waals surface area contributed by atoms with Crippen LogP contribution in [0.3, 0.4) is 0 Å². The first-order valence-corrected chi connectivity index (χ1v) is 6.68. The molecule has 2 aliphatic heterocycles. The Balaban J connectivity index is 1.87. The van der Waals surface area contributed by atoms with Gasteiger partial charge in [-0.05, 0) is 18.9 Å². The summed E-state index contributed by atoms with van der Waals surface area (Å²) < 4.78 is 7.02. The van der Waals surface area contributed by atoms with E-state index in [1.165, 1.54) is 10.7 Å². The molecular formula is C13H14N4O3. The molecule has 0 amide bonds. The molecule has 2 unspecified atom stereocenters. The summed E-state index contributed by atoms with van der Waals surface area (Å²) in [7, 11) is 0. The van der Waals surface area contributed by atoms with Crippen molar-refractivity contribution in [3.63, 3.8) is 0 Å². The maximum absolute atomic E-state index is 11.2. The van der Waals surface area contributed by atoms with Crippen molar-refractivity contribution in [2.45, 2.75) is 24.9 Å². The van der Waals surface area contributed by atoms with E-state index in [-0.39, 0.29) is 5.69 Å². The van der Waals surface area contributed by atoms with Crippen molar-refractivity contribution < 1.29 is 14.6 Å². The smallest absolute Gasteiger partial charge is 0.356 e. The van der Waals surface area contributed by atoms with Crippen LogP contribution in [0.2, 0.25) is 0 Å². The lowest BCUT2D eigenvalue weighted by molar-refractivity contribution is 0.0686. The summed E-state index contributed by atoms with van der Waals surface area (Å²) in [5.74, 6) is -0.217. The Morgan fingerprint density at radius 2 is 2.10 bits per heavy atom. The topological polar surface area (TPSA) is 80.0 Å². The van der Waals surface area contributed by atoms with Crippen LogP contribution in [0.15, 0.2) is 18.5 Å². The highest BCUT2D eigenvalue weighted by molar-refractivity contribution is 5.87. The lowest BCUT2D eigenvalue weighted by Gasteiger charge is -2.35. The van der Waals surface area contributed by atoms with Gasteiger partial charge in [-0.1, -0.05) is 0 Å². The van der Waals surface area contributed by atoms with Crippen LogP contribution < -0.4 is 4.90 Å². The molecular weight excluding hydrogens is 260 g/mol. The zero-order valence-electron chi connectivity index (χ0n) is 10.8. The minimum absolute atomic E-state index is 0.0781. The summed E-state index contributed by atoms with van der Waals surface area (Å²) >= 11 is 0. The molecule has 2 aromatic heterocycles. The molecule has 2 bridgehead atoms. The predicted octanol–water partition coefficient (Wildman–Crippen LogP) is 0.795. The summed E-state index contributed by atoms with van der Waals surface area (Å²) in [5, 5.41) is 13.3. The molecule has 0 radical (unpaired) electrons. The van der Waals surface area contributed by atoms with Gasteiger partial charge >= 0.3 is 5.97 Å². The third kappa shape index (κ3) is 1.53. The first kappa shape index (κ1) is 11.7. The molecule has 2 saturated heterocycles. The fourth-order valence-corrected chi connectivity index (χ4v) is 3.23. The summed E-state index contributed by atoms with van der Waals surface area (Å²) in [6.07, 6.45) is 5.17. The number of carboxylic acid groups (broad SMARTS) is 1. The minimum atomic E-state index is -1.03. The van der Waals surface area contributed by atoms with Crippen LogP contribution in [-0.2, 0) is 4.74 Å². The van der Waals surface area contributed by atoms with E-state index in [0.29, 0.717) is 25.3 Å². The van der Waals surface area contributed by atoms with Crippen LogP contribution in [0.4, 0.5) is 5.82 Å². The Labute approximate surface area is 114 Å². The van der Waals surface area contributed by atoms with E-state index in [9.17, 15) is 9.90 Å². The van der Waals surface area contributed by atoms with Gasteiger partial charge in [0.1, 0.15) is 5.52 Å². The summed E-state index contributed by atoms with van der Waals surface area (Å²) in [6.45, 7) is 1.41. The molecule has 0 aliphatic carbocycles. The molecule has 0 spiro atoms. The van der Waals surface area contributed by atoms with E-state index in [2.05, 4.69) is 15.0 Å². The summed E-state index contributed by atoms with van der Waals surface area (Å²) in [4.78, 5) is 17.9. The Kier molecular flexibility index (Phi) is 2.43. The highest BCUT2D eigenvalue weighted by atomic mass is 16.5. The molecule has 104 valence electrons. The highest BCUT2D eigenvalue weighted by Crippen LogP contribution is 2.35. The van der Waals surface area contributed by atoms with Crippen molar-refractivity contribution in [3.8, 4) is 0 Å². The second-order valence-electron chi connectivity index (χ2n) is 5.23. The van der Waals surface area contributed by atoms with E-state index in [1.807, 2.05) is 6.07 Å². The average Bonchev–Trinajstić information content (AvgIpc) is 3.00. The van der Waals surface area contributed by atoms with Crippen molar-refractivity contribution in [3.05, 3.63) is 24.2 Å². The number of morpholine rings is 1. The summed E-state index contributed by atoms with van der Waals surface area (Å²) in [6, 6.07) is 2.47. The lowest BCUT2D eigenvalue weighted by atomic mass is 10.2. The Hall–Kier alpha value is -2.15. The van der Waals surface area contributed by atoms with Gasteiger partial charge in [0.2, 0.25) is 0 Å². The zero-order valence-corrected chi connectivity index (χ0v) is 10.8. The number of carbonyl (C=O) groups is 1. The molecule has 2 atom stereocenters. The van der Waals surface area contributed by atoms with Gasteiger partial charge in [-0.15, -0.1) is 0 Å². The van der Waals surface area contributed by atoms with Gasteiger partial charge in [0, 0.05) is 0 Å². The minimum Gasteiger partial charge on any atom is -0.476 e. The first-order valence-electron chi connectivity index (χ1n) is 6.68. The number of aromatic nitrogens is 3. The number of rotatable bonds is 2. The largest absolute Gasteiger partial charge is 0.476 e. The van der Waals surface area contributed by atoms with Gasteiger partial charge in [-0.2, -0.15) is 5.10 Å². The molecule has 20 heavy (non-hydrogen) atoms. The fraction of sp³-hybridized carbons (Fsp3) is 0.462. The predicted molar refractivity (Wildman–Crippen MR) is 70.1 cm³/mol. The number of ether oxygens (including phenoxy) is 1.